The average Bonchev–Trinajstić information content (AvgIpc) is 2.75. The number of carbonyl (C=O) groups excluding carboxylic acids is 1. The van der Waals surface area contributed by atoms with Crippen LogP contribution in [-0.2, 0) is 11.4 Å². The van der Waals surface area contributed by atoms with E-state index in [0.717, 1.165) is 5.56 Å². The maximum absolute atomic E-state index is 13.0. The lowest BCUT2D eigenvalue weighted by Crippen LogP contribution is -2.13. The van der Waals surface area contributed by atoms with Gasteiger partial charge in [-0.25, -0.2) is 4.39 Å². The van der Waals surface area contributed by atoms with Crippen LogP contribution in [0.4, 0.5) is 10.1 Å². The number of amides is 1. The smallest absolute Gasteiger partial charge is 0.266 e. The number of para-hydroxylation sites is 1. The van der Waals surface area contributed by atoms with E-state index in [4.69, 9.17) is 27.9 Å². The van der Waals surface area contributed by atoms with Gasteiger partial charge in [0.2, 0.25) is 0 Å². The quantitative estimate of drug-likeness (QED) is 0.363. The van der Waals surface area contributed by atoms with E-state index >= 15 is 0 Å². The fraction of sp³-hybridized carbons (Fsp3) is 0.0435. The van der Waals surface area contributed by atoms with E-state index in [1.165, 1.54) is 24.3 Å². The number of nitrogens with one attached hydrogen (secondary N) is 1. The van der Waals surface area contributed by atoms with Gasteiger partial charge in [-0.1, -0.05) is 53.5 Å². The lowest BCUT2D eigenvalue weighted by molar-refractivity contribution is -0.112. The molecule has 0 unspecified atom stereocenters. The van der Waals surface area contributed by atoms with Gasteiger partial charge in [0.05, 0.1) is 10.0 Å². The van der Waals surface area contributed by atoms with Crippen LogP contribution in [0.3, 0.4) is 0 Å². The number of hydrogen-bond acceptors (Lipinski definition) is 3. The summed E-state index contributed by atoms with van der Waals surface area (Å²) in [5, 5.41) is 12.7. The van der Waals surface area contributed by atoms with Crippen molar-refractivity contribution in [3.05, 3.63) is 99.3 Å². The lowest BCUT2D eigenvalue weighted by Gasteiger charge is -2.10. The molecule has 0 aliphatic rings. The lowest BCUT2D eigenvalue weighted by atomic mass is 10.1. The van der Waals surface area contributed by atoms with Gasteiger partial charge in [0, 0.05) is 11.3 Å². The van der Waals surface area contributed by atoms with E-state index in [1.807, 2.05) is 6.07 Å². The van der Waals surface area contributed by atoms with Crippen LogP contribution in [0, 0.1) is 17.1 Å². The first kappa shape index (κ1) is 21.4. The molecule has 0 saturated heterocycles. The van der Waals surface area contributed by atoms with Gasteiger partial charge >= 0.3 is 0 Å². The van der Waals surface area contributed by atoms with Crippen molar-refractivity contribution < 1.29 is 13.9 Å². The molecule has 3 aromatic rings. The van der Waals surface area contributed by atoms with Crippen LogP contribution in [0.5, 0.6) is 5.75 Å². The maximum Gasteiger partial charge on any atom is 0.266 e. The van der Waals surface area contributed by atoms with Crippen molar-refractivity contribution in [2.45, 2.75) is 6.61 Å². The summed E-state index contributed by atoms with van der Waals surface area (Å²) in [5.74, 6) is -0.435. The molecule has 4 nitrogen and oxygen atoms in total. The third-order valence-electron chi connectivity index (χ3n) is 4.07. The largest absolute Gasteiger partial charge is 0.488 e. The number of halogens is 3. The second-order valence-electron chi connectivity index (χ2n) is 6.21. The normalized spacial score (nSPS) is 10.9. The van der Waals surface area contributed by atoms with Gasteiger partial charge in [-0.15, -0.1) is 0 Å². The predicted molar refractivity (Wildman–Crippen MR) is 116 cm³/mol. The minimum atomic E-state index is -0.593. The zero-order valence-electron chi connectivity index (χ0n) is 15.5. The molecule has 150 valence electrons. The molecular weight excluding hydrogens is 426 g/mol. The number of benzene rings is 3. The molecule has 0 bridgehead atoms. The molecule has 30 heavy (non-hydrogen) atoms. The molecular formula is C23H15Cl2FN2O2. The van der Waals surface area contributed by atoms with E-state index < -0.39 is 5.91 Å². The SMILES string of the molecule is N#C/C(=C\c1ccccc1OCc1ccc(F)cc1)C(=O)Nc1ccc(Cl)c(Cl)c1. The summed E-state index contributed by atoms with van der Waals surface area (Å²) < 4.78 is 18.8. The summed E-state index contributed by atoms with van der Waals surface area (Å²) in [4.78, 5) is 12.5. The number of nitriles is 1. The standard InChI is InChI=1S/C23H15Cl2FN2O2/c24-20-10-9-19(12-21(20)25)28-23(29)17(13-27)11-16-3-1-2-4-22(16)30-14-15-5-7-18(26)8-6-15/h1-12H,14H2,(H,28,29)/b17-11+. The Hall–Kier alpha value is -3.33. The summed E-state index contributed by atoms with van der Waals surface area (Å²) in [6.45, 7) is 0.211. The second kappa shape index (κ2) is 9.93. The fourth-order valence-electron chi connectivity index (χ4n) is 2.55. The minimum absolute atomic E-state index is 0.112. The van der Waals surface area contributed by atoms with Crippen LogP contribution in [0.2, 0.25) is 10.0 Å². The molecule has 0 aliphatic carbocycles. The summed E-state index contributed by atoms with van der Waals surface area (Å²) in [6.07, 6.45) is 1.44. The Labute approximate surface area is 183 Å². The first-order chi connectivity index (χ1) is 14.5. The van der Waals surface area contributed by atoms with Crippen LogP contribution in [-0.4, -0.2) is 5.91 Å². The highest BCUT2D eigenvalue weighted by Crippen LogP contribution is 2.26. The Morgan fingerprint density at radius 3 is 2.50 bits per heavy atom. The molecule has 1 amide bonds. The van der Waals surface area contributed by atoms with Gasteiger partial charge < -0.3 is 10.1 Å². The first-order valence-electron chi connectivity index (χ1n) is 8.81. The molecule has 3 rings (SSSR count). The van der Waals surface area contributed by atoms with Crippen molar-refractivity contribution in [1.29, 1.82) is 5.26 Å². The zero-order valence-corrected chi connectivity index (χ0v) is 17.0. The van der Waals surface area contributed by atoms with Crippen molar-refractivity contribution in [1.82, 2.24) is 0 Å². The van der Waals surface area contributed by atoms with Gasteiger partial charge in [-0.05, 0) is 48.0 Å². The van der Waals surface area contributed by atoms with E-state index in [1.54, 1.807) is 48.5 Å². The van der Waals surface area contributed by atoms with Crippen molar-refractivity contribution in [3.8, 4) is 11.8 Å². The van der Waals surface area contributed by atoms with Gasteiger partial charge in [0.1, 0.15) is 29.8 Å². The second-order valence-corrected chi connectivity index (χ2v) is 7.02. The topological polar surface area (TPSA) is 62.1 Å². The van der Waals surface area contributed by atoms with Crippen LogP contribution >= 0.6 is 23.2 Å². The Bertz CT molecular complexity index is 1140. The Balaban J connectivity index is 1.78. The van der Waals surface area contributed by atoms with Crippen LogP contribution < -0.4 is 10.1 Å². The summed E-state index contributed by atoms with van der Waals surface area (Å²) in [5.41, 5.74) is 1.64. The van der Waals surface area contributed by atoms with Crippen LogP contribution in [0.15, 0.2) is 72.3 Å². The average molecular weight is 441 g/mol. The van der Waals surface area contributed by atoms with Crippen molar-refractivity contribution in [3.63, 3.8) is 0 Å². The zero-order chi connectivity index (χ0) is 21.5. The molecule has 0 aliphatic heterocycles. The number of anilines is 1. The number of rotatable bonds is 6. The predicted octanol–water partition coefficient (Wildman–Crippen LogP) is 6.26. The van der Waals surface area contributed by atoms with Crippen molar-refractivity contribution in [2.24, 2.45) is 0 Å². The highest BCUT2D eigenvalue weighted by Gasteiger charge is 2.12. The molecule has 0 fully saturated rings. The minimum Gasteiger partial charge on any atom is -0.488 e. The van der Waals surface area contributed by atoms with Crippen LogP contribution in [0.25, 0.3) is 6.08 Å². The van der Waals surface area contributed by atoms with Crippen LogP contribution in [0.1, 0.15) is 11.1 Å². The Morgan fingerprint density at radius 2 is 1.80 bits per heavy atom. The summed E-state index contributed by atoms with van der Waals surface area (Å²) >= 11 is 11.8. The molecule has 7 heteroatoms. The number of carbonyl (C=O) groups is 1. The van der Waals surface area contributed by atoms with Crippen molar-refractivity contribution >= 4 is 40.9 Å². The summed E-state index contributed by atoms with van der Waals surface area (Å²) in [6, 6.07) is 19.5. The van der Waals surface area contributed by atoms with E-state index in [0.29, 0.717) is 22.0 Å². The van der Waals surface area contributed by atoms with Gasteiger partial charge in [0.15, 0.2) is 0 Å². The molecule has 0 radical (unpaired) electrons. The highest BCUT2D eigenvalue weighted by molar-refractivity contribution is 6.42. The fourth-order valence-corrected chi connectivity index (χ4v) is 2.85. The molecule has 0 atom stereocenters. The molecule has 0 spiro atoms. The molecule has 3 aromatic carbocycles. The number of ether oxygens (including phenoxy) is 1. The van der Waals surface area contributed by atoms with Gasteiger partial charge in [-0.2, -0.15) is 5.26 Å². The highest BCUT2D eigenvalue weighted by atomic mass is 35.5. The molecule has 0 aromatic heterocycles. The number of hydrogen-bond donors (Lipinski definition) is 1. The van der Waals surface area contributed by atoms with Crippen molar-refractivity contribution in [2.75, 3.05) is 5.32 Å². The van der Waals surface area contributed by atoms with E-state index in [9.17, 15) is 14.4 Å². The van der Waals surface area contributed by atoms with E-state index in [-0.39, 0.29) is 23.0 Å². The Morgan fingerprint density at radius 1 is 1.07 bits per heavy atom. The van der Waals surface area contributed by atoms with E-state index in [2.05, 4.69) is 5.32 Å². The van der Waals surface area contributed by atoms with Gasteiger partial charge in [-0.3, -0.25) is 4.79 Å². The molecule has 0 heterocycles. The molecule has 0 saturated carbocycles. The monoisotopic (exact) mass is 440 g/mol. The number of nitrogens with zero attached hydrogens (tertiary/aromatic N) is 1. The summed E-state index contributed by atoms with van der Waals surface area (Å²) in [7, 11) is 0. The third kappa shape index (κ3) is 5.60. The first-order valence-corrected chi connectivity index (χ1v) is 9.56. The third-order valence-corrected chi connectivity index (χ3v) is 4.81. The molecule has 1 N–H and O–H groups in total. The maximum atomic E-state index is 13.0. The Kier molecular flexibility index (Phi) is 7.08. The van der Waals surface area contributed by atoms with Gasteiger partial charge in [0.25, 0.3) is 5.91 Å².